The minimum Gasteiger partial charge on any atom is -0.362 e. The number of likely N-dealkylation sites (tertiary alicyclic amines) is 1. The van der Waals surface area contributed by atoms with Crippen molar-refractivity contribution in [2.45, 2.75) is 46.2 Å². The second kappa shape index (κ2) is 5.83. The van der Waals surface area contributed by atoms with Crippen molar-refractivity contribution in [1.29, 1.82) is 0 Å². The summed E-state index contributed by atoms with van der Waals surface area (Å²) in [7, 11) is 0. The lowest BCUT2D eigenvalue weighted by Gasteiger charge is -2.26. The van der Waals surface area contributed by atoms with Gasteiger partial charge in [0.15, 0.2) is 5.13 Å². The molecule has 1 aliphatic heterocycles. The molecule has 0 bridgehead atoms. The Balaban J connectivity index is 1.95. The number of aromatic nitrogens is 1. The van der Waals surface area contributed by atoms with Crippen LogP contribution in [0, 0.1) is 5.92 Å². The largest absolute Gasteiger partial charge is 0.362 e. The Hall–Kier alpha value is -0.610. The van der Waals surface area contributed by atoms with E-state index in [2.05, 4.69) is 36.0 Å². The van der Waals surface area contributed by atoms with Crippen LogP contribution in [0.25, 0.3) is 0 Å². The summed E-state index contributed by atoms with van der Waals surface area (Å²) in [5.74, 6) is 0.763. The summed E-state index contributed by atoms with van der Waals surface area (Å²) in [6.45, 7) is 10.0. The Kier molecular flexibility index (Phi) is 4.40. The predicted octanol–water partition coefficient (Wildman–Crippen LogP) is 3.20. The van der Waals surface area contributed by atoms with Gasteiger partial charge in [0, 0.05) is 30.2 Å². The first kappa shape index (κ1) is 12.8. The maximum atomic E-state index is 4.40. The van der Waals surface area contributed by atoms with Crippen molar-refractivity contribution in [2.24, 2.45) is 5.92 Å². The van der Waals surface area contributed by atoms with Crippen molar-refractivity contribution in [3.63, 3.8) is 0 Å². The summed E-state index contributed by atoms with van der Waals surface area (Å²) in [6, 6.07) is 0.764. The summed E-state index contributed by atoms with van der Waals surface area (Å²) < 4.78 is 0. The van der Waals surface area contributed by atoms with Crippen molar-refractivity contribution < 1.29 is 0 Å². The molecule has 4 heteroatoms. The normalized spacial score (nSPS) is 21.3. The molecule has 3 nitrogen and oxygen atoms in total. The van der Waals surface area contributed by atoms with Crippen LogP contribution >= 0.6 is 11.3 Å². The fourth-order valence-electron chi connectivity index (χ4n) is 2.62. The van der Waals surface area contributed by atoms with E-state index in [-0.39, 0.29) is 0 Å². The van der Waals surface area contributed by atoms with E-state index >= 15 is 0 Å². The Morgan fingerprint density at radius 2 is 2.41 bits per heavy atom. The van der Waals surface area contributed by atoms with Gasteiger partial charge in [0.25, 0.3) is 0 Å². The van der Waals surface area contributed by atoms with Crippen LogP contribution in [0.5, 0.6) is 0 Å². The molecule has 17 heavy (non-hydrogen) atoms. The first-order valence-corrected chi connectivity index (χ1v) is 7.45. The molecule has 1 aromatic heterocycles. The lowest BCUT2D eigenvalue weighted by atomic mass is 10.0. The van der Waals surface area contributed by atoms with Crippen LogP contribution in [-0.4, -0.2) is 29.0 Å². The third-order valence-electron chi connectivity index (χ3n) is 3.42. The zero-order valence-electron chi connectivity index (χ0n) is 11.1. The monoisotopic (exact) mass is 253 g/mol. The van der Waals surface area contributed by atoms with Crippen molar-refractivity contribution >= 4 is 16.5 Å². The molecule has 1 aliphatic rings. The van der Waals surface area contributed by atoms with Gasteiger partial charge < -0.3 is 5.32 Å². The van der Waals surface area contributed by atoms with Gasteiger partial charge in [0.1, 0.15) is 0 Å². The lowest BCUT2D eigenvalue weighted by Crippen LogP contribution is -2.32. The van der Waals surface area contributed by atoms with E-state index in [9.17, 15) is 0 Å². The molecule has 1 N–H and O–H groups in total. The molecule has 0 saturated carbocycles. The highest BCUT2D eigenvalue weighted by molar-refractivity contribution is 7.15. The smallest absolute Gasteiger partial charge is 0.182 e. The van der Waals surface area contributed by atoms with Crippen molar-refractivity contribution in [1.82, 2.24) is 9.88 Å². The minimum absolute atomic E-state index is 0.763. The summed E-state index contributed by atoms with van der Waals surface area (Å²) >= 11 is 1.79. The third kappa shape index (κ3) is 3.19. The molecule has 0 spiro atoms. The summed E-state index contributed by atoms with van der Waals surface area (Å²) in [6.07, 6.45) is 4.73. The molecule has 0 amide bonds. The van der Waals surface area contributed by atoms with E-state index < -0.39 is 0 Å². The molecule has 0 radical (unpaired) electrons. The van der Waals surface area contributed by atoms with Gasteiger partial charge in [-0.25, -0.2) is 4.98 Å². The van der Waals surface area contributed by atoms with E-state index in [0.29, 0.717) is 0 Å². The summed E-state index contributed by atoms with van der Waals surface area (Å²) in [5.41, 5.74) is 0. The Labute approximate surface area is 108 Å². The Morgan fingerprint density at radius 3 is 3.12 bits per heavy atom. The maximum Gasteiger partial charge on any atom is 0.182 e. The van der Waals surface area contributed by atoms with Crippen LogP contribution in [0.15, 0.2) is 6.20 Å². The zero-order valence-corrected chi connectivity index (χ0v) is 11.9. The standard InChI is InChI=1S/C13H23N3S/c1-4-14-13-15-8-11(17-13)9-16-7-5-6-12(16)10(2)3/h8,10,12H,4-7,9H2,1-3H3,(H,14,15). The van der Waals surface area contributed by atoms with Crippen LogP contribution in [0.2, 0.25) is 0 Å². The van der Waals surface area contributed by atoms with Crippen molar-refractivity contribution in [3.8, 4) is 0 Å². The fraction of sp³-hybridized carbons (Fsp3) is 0.769. The van der Waals surface area contributed by atoms with E-state index in [4.69, 9.17) is 0 Å². The summed E-state index contributed by atoms with van der Waals surface area (Å²) in [4.78, 5) is 8.40. The first-order valence-electron chi connectivity index (χ1n) is 6.63. The highest BCUT2D eigenvalue weighted by Gasteiger charge is 2.27. The van der Waals surface area contributed by atoms with Gasteiger partial charge in [-0.2, -0.15) is 0 Å². The van der Waals surface area contributed by atoms with Crippen LogP contribution in [-0.2, 0) is 6.54 Å². The molecular weight excluding hydrogens is 230 g/mol. The SMILES string of the molecule is CCNc1ncc(CN2CCCC2C(C)C)s1. The average Bonchev–Trinajstić information content (AvgIpc) is 2.89. The van der Waals surface area contributed by atoms with E-state index in [1.807, 2.05) is 6.20 Å². The Bertz CT molecular complexity index is 348. The molecule has 2 heterocycles. The molecule has 1 aromatic rings. The molecule has 0 aliphatic carbocycles. The first-order chi connectivity index (χ1) is 8.20. The second-order valence-corrected chi connectivity index (χ2v) is 6.20. The third-order valence-corrected chi connectivity index (χ3v) is 4.36. The van der Waals surface area contributed by atoms with Crippen LogP contribution in [0.1, 0.15) is 38.5 Å². The van der Waals surface area contributed by atoms with E-state index in [1.165, 1.54) is 24.3 Å². The number of hydrogen-bond donors (Lipinski definition) is 1. The average molecular weight is 253 g/mol. The topological polar surface area (TPSA) is 28.2 Å². The molecule has 96 valence electrons. The number of rotatable bonds is 5. The Morgan fingerprint density at radius 1 is 1.59 bits per heavy atom. The zero-order chi connectivity index (χ0) is 12.3. The molecule has 0 aromatic carbocycles. The molecule has 1 saturated heterocycles. The number of thiazole rings is 1. The summed E-state index contributed by atoms with van der Waals surface area (Å²) in [5, 5.41) is 4.33. The molecule has 1 unspecified atom stereocenters. The van der Waals surface area contributed by atoms with Gasteiger partial charge in [0.05, 0.1) is 0 Å². The number of nitrogens with zero attached hydrogens (tertiary/aromatic N) is 2. The van der Waals surface area contributed by atoms with E-state index in [1.54, 1.807) is 11.3 Å². The van der Waals surface area contributed by atoms with Crippen molar-refractivity contribution in [2.75, 3.05) is 18.4 Å². The minimum atomic E-state index is 0.763. The van der Waals surface area contributed by atoms with Gasteiger partial charge in [-0.1, -0.05) is 13.8 Å². The highest BCUT2D eigenvalue weighted by Crippen LogP contribution is 2.27. The molecule has 1 atom stereocenters. The maximum absolute atomic E-state index is 4.40. The molecular formula is C13H23N3S. The van der Waals surface area contributed by atoms with Gasteiger partial charge in [0.2, 0.25) is 0 Å². The van der Waals surface area contributed by atoms with Gasteiger partial charge in [-0.05, 0) is 32.2 Å². The van der Waals surface area contributed by atoms with Crippen LogP contribution in [0.3, 0.4) is 0 Å². The molecule has 2 rings (SSSR count). The van der Waals surface area contributed by atoms with Crippen LogP contribution < -0.4 is 5.32 Å². The van der Waals surface area contributed by atoms with Crippen molar-refractivity contribution in [3.05, 3.63) is 11.1 Å². The van der Waals surface area contributed by atoms with Gasteiger partial charge in [-0.15, -0.1) is 11.3 Å². The van der Waals surface area contributed by atoms with E-state index in [0.717, 1.165) is 30.2 Å². The molecule has 1 fully saturated rings. The fourth-order valence-corrected chi connectivity index (χ4v) is 3.52. The second-order valence-electron chi connectivity index (χ2n) is 5.09. The predicted molar refractivity (Wildman–Crippen MR) is 74.5 cm³/mol. The number of nitrogens with one attached hydrogen (secondary N) is 1. The number of hydrogen-bond acceptors (Lipinski definition) is 4. The lowest BCUT2D eigenvalue weighted by molar-refractivity contribution is 0.200. The highest BCUT2D eigenvalue weighted by atomic mass is 32.1. The van der Waals surface area contributed by atoms with Crippen LogP contribution in [0.4, 0.5) is 5.13 Å². The quantitative estimate of drug-likeness (QED) is 0.873. The van der Waals surface area contributed by atoms with Gasteiger partial charge >= 0.3 is 0 Å². The number of anilines is 1. The van der Waals surface area contributed by atoms with Gasteiger partial charge in [-0.3, -0.25) is 4.90 Å².